The maximum atomic E-state index is 12.9. The quantitative estimate of drug-likeness (QED) is 0.747. The molecule has 3 unspecified atom stereocenters. The maximum Gasteiger partial charge on any atom is 0.254 e. The largest absolute Gasteiger partial charge is 0.335 e. The van der Waals surface area contributed by atoms with E-state index in [0.29, 0.717) is 17.4 Å². The van der Waals surface area contributed by atoms with E-state index in [4.69, 9.17) is 0 Å². The van der Waals surface area contributed by atoms with Gasteiger partial charge in [-0.25, -0.2) is 4.39 Å². The second kappa shape index (κ2) is 5.09. The number of piperidine rings is 1. The fourth-order valence-electron chi connectivity index (χ4n) is 2.74. The Morgan fingerprint density at radius 3 is 2.44 bits per heavy atom. The van der Waals surface area contributed by atoms with E-state index >= 15 is 0 Å². The van der Waals surface area contributed by atoms with Crippen LogP contribution >= 0.6 is 0 Å². The molecule has 0 N–H and O–H groups in total. The number of hydrogen-bond acceptors (Lipinski definition) is 1. The molecular weight excluding hydrogens is 229 g/mol. The lowest BCUT2D eigenvalue weighted by atomic mass is 9.85. The van der Waals surface area contributed by atoms with Gasteiger partial charge in [-0.15, -0.1) is 0 Å². The fourth-order valence-corrected chi connectivity index (χ4v) is 2.74. The second-order valence-electron chi connectivity index (χ2n) is 5.52. The highest BCUT2D eigenvalue weighted by Gasteiger charge is 2.32. The monoisotopic (exact) mass is 249 g/mol. The third kappa shape index (κ3) is 2.55. The highest BCUT2D eigenvalue weighted by Crippen LogP contribution is 2.28. The number of rotatable bonds is 1. The summed E-state index contributed by atoms with van der Waals surface area (Å²) >= 11 is 0. The molecule has 1 aliphatic heterocycles. The fraction of sp³-hybridized carbons (Fsp3) is 0.533. The number of carbonyl (C=O) groups is 1. The number of nitrogens with zero attached hydrogens (tertiary/aromatic N) is 1. The van der Waals surface area contributed by atoms with Crippen LogP contribution in [0.15, 0.2) is 24.3 Å². The predicted octanol–water partition coefficient (Wildman–Crippen LogP) is 3.33. The molecule has 0 saturated carbocycles. The zero-order valence-electron chi connectivity index (χ0n) is 11.2. The summed E-state index contributed by atoms with van der Waals surface area (Å²) in [7, 11) is 0. The van der Waals surface area contributed by atoms with Gasteiger partial charge in [-0.05, 0) is 49.4 Å². The number of hydrogen-bond donors (Lipinski definition) is 0. The first-order valence-electron chi connectivity index (χ1n) is 6.55. The van der Waals surface area contributed by atoms with Crippen molar-refractivity contribution in [1.29, 1.82) is 0 Å². The van der Waals surface area contributed by atoms with E-state index in [1.54, 1.807) is 12.1 Å². The smallest absolute Gasteiger partial charge is 0.254 e. The van der Waals surface area contributed by atoms with E-state index in [2.05, 4.69) is 20.8 Å². The molecular formula is C15H20FNO. The molecule has 0 aromatic heterocycles. The van der Waals surface area contributed by atoms with Crippen LogP contribution in [0, 0.1) is 17.7 Å². The number of carbonyl (C=O) groups excluding carboxylic acids is 1. The first-order chi connectivity index (χ1) is 8.49. The summed E-state index contributed by atoms with van der Waals surface area (Å²) in [4.78, 5) is 14.3. The molecule has 98 valence electrons. The van der Waals surface area contributed by atoms with Crippen LogP contribution in [0.2, 0.25) is 0 Å². The summed E-state index contributed by atoms with van der Waals surface area (Å²) < 4.78 is 12.9. The minimum Gasteiger partial charge on any atom is -0.335 e. The van der Waals surface area contributed by atoms with E-state index in [1.165, 1.54) is 12.1 Å². The third-order valence-electron chi connectivity index (χ3n) is 3.95. The lowest BCUT2D eigenvalue weighted by Gasteiger charge is -2.41. The van der Waals surface area contributed by atoms with Gasteiger partial charge in [0.2, 0.25) is 0 Å². The molecule has 1 saturated heterocycles. The molecule has 1 amide bonds. The third-order valence-corrected chi connectivity index (χ3v) is 3.95. The molecule has 1 heterocycles. The number of halogens is 1. The minimum absolute atomic E-state index is 0.0147. The Labute approximate surface area is 108 Å². The van der Waals surface area contributed by atoms with Crippen molar-refractivity contribution in [3.05, 3.63) is 35.6 Å². The molecule has 1 aromatic rings. The van der Waals surface area contributed by atoms with Gasteiger partial charge in [-0.2, -0.15) is 0 Å². The van der Waals surface area contributed by atoms with Crippen LogP contribution < -0.4 is 0 Å². The SMILES string of the molecule is CC1CC(C)C(C)N(C(=O)c2ccc(F)cc2)C1. The van der Waals surface area contributed by atoms with Gasteiger partial charge < -0.3 is 4.90 Å². The van der Waals surface area contributed by atoms with Crippen molar-refractivity contribution in [2.45, 2.75) is 33.2 Å². The average molecular weight is 249 g/mol. The number of amides is 1. The highest BCUT2D eigenvalue weighted by atomic mass is 19.1. The molecule has 1 fully saturated rings. The van der Waals surface area contributed by atoms with Crippen LogP contribution in [0.3, 0.4) is 0 Å². The van der Waals surface area contributed by atoms with Gasteiger partial charge in [0.05, 0.1) is 0 Å². The molecule has 0 bridgehead atoms. The van der Waals surface area contributed by atoms with Gasteiger partial charge in [0.1, 0.15) is 5.82 Å². The van der Waals surface area contributed by atoms with Crippen LogP contribution in [0.4, 0.5) is 4.39 Å². The Morgan fingerprint density at radius 1 is 1.22 bits per heavy atom. The van der Waals surface area contributed by atoms with Gasteiger partial charge in [-0.3, -0.25) is 4.79 Å². The molecule has 3 atom stereocenters. The summed E-state index contributed by atoms with van der Waals surface area (Å²) in [6.45, 7) is 7.25. The van der Waals surface area contributed by atoms with Crippen molar-refractivity contribution in [2.75, 3.05) is 6.54 Å². The van der Waals surface area contributed by atoms with Crippen molar-refractivity contribution in [3.63, 3.8) is 0 Å². The zero-order valence-corrected chi connectivity index (χ0v) is 11.2. The van der Waals surface area contributed by atoms with E-state index in [-0.39, 0.29) is 17.8 Å². The van der Waals surface area contributed by atoms with Gasteiger partial charge in [0, 0.05) is 18.2 Å². The van der Waals surface area contributed by atoms with Crippen LogP contribution in [0.1, 0.15) is 37.6 Å². The molecule has 18 heavy (non-hydrogen) atoms. The van der Waals surface area contributed by atoms with Crippen molar-refractivity contribution in [3.8, 4) is 0 Å². The van der Waals surface area contributed by atoms with Crippen molar-refractivity contribution < 1.29 is 9.18 Å². The molecule has 0 radical (unpaired) electrons. The Morgan fingerprint density at radius 2 is 1.83 bits per heavy atom. The Hall–Kier alpha value is -1.38. The van der Waals surface area contributed by atoms with Crippen molar-refractivity contribution in [2.24, 2.45) is 11.8 Å². The van der Waals surface area contributed by atoms with Crippen LogP contribution in [0.25, 0.3) is 0 Å². The summed E-state index contributed by atoms with van der Waals surface area (Å²) in [6, 6.07) is 6.06. The Bertz CT molecular complexity index is 429. The molecule has 0 aliphatic carbocycles. The summed E-state index contributed by atoms with van der Waals surface area (Å²) in [5, 5.41) is 0. The molecule has 2 rings (SSSR count). The van der Waals surface area contributed by atoms with Crippen molar-refractivity contribution >= 4 is 5.91 Å². The number of likely N-dealkylation sites (tertiary alicyclic amines) is 1. The lowest BCUT2D eigenvalue weighted by Crippen LogP contribution is -2.48. The van der Waals surface area contributed by atoms with E-state index in [1.807, 2.05) is 4.90 Å². The van der Waals surface area contributed by atoms with Crippen LogP contribution in [-0.2, 0) is 0 Å². The minimum atomic E-state index is -0.306. The first kappa shape index (κ1) is 13.1. The molecule has 1 aliphatic rings. The predicted molar refractivity (Wildman–Crippen MR) is 69.8 cm³/mol. The Kier molecular flexibility index (Phi) is 3.69. The van der Waals surface area contributed by atoms with Crippen molar-refractivity contribution in [1.82, 2.24) is 4.90 Å². The average Bonchev–Trinajstić information content (AvgIpc) is 2.34. The van der Waals surface area contributed by atoms with E-state index in [9.17, 15) is 9.18 Å². The lowest BCUT2D eigenvalue weighted by molar-refractivity contribution is 0.0455. The first-order valence-corrected chi connectivity index (χ1v) is 6.55. The molecule has 1 aromatic carbocycles. The Balaban J connectivity index is 2.19. The molecule has 2 nitrogen and oxygen atoms in total. The van der Waals surface area contributed by atoms with Gasteiger partial charge in [0.15, 0.2) is 0 Å². The zero-order chi connectivity index (χ0) is 13.3. The standard InChI is InChI=1S/C15H20FNO/c1-10-8-11(2)12(3)17(9-10)15(18)13-4-6-14(16)7-5-13/h4-7,10-12H,8-9H2,1-3H3. The topological polar surface area (TPSA) is 20.3 Å². The summed E-state index contributed by atoms with van der Waals surface area (Å²) in [5.41, 5.74) is 0.574. The molecule has 0 spiro atoms. The normalized spacial score (nSPS) is 28.2. The van der Waals surface area contributed by atoms with E-state index in [0.717, 1.165) is 13.0 Å². The second-order valence-corrected chi connectivity index (χ2v) is 5.52. The van der Waals surface area contributed by atoms with Gasteiger partial charge in [0.25, 0.3) is 5.91 Å². The highest BCUT2D eigenvalue weighted by molar-refractivity contribution is 5.94. The summed E-state index contributed by atoms with van der Waals surface area (Å²) in [5.74, 6) is 0.750. The van der Waals surface area contributed by atoms with Gasteiger partial charge >= 0.3 is 0 Å². The van der Waals surface area contributed by atoms with Crippen LogP contribution in [-0.4, -0.2) is 23.4 Å². The van der Waals surface area contributed by atoms with E-state index < -0.39 is 0 Å². The summed E-state index contributed by atoms with van der Waals surface area (Å²) in [6.07, 6.45) is 1.16. The number of benzene rings is 1. The van der Waals surface area contributed by atoms with Gasteiger partial charge in [-0.1, -0.05) is 13.8 Å². The molecule has 3 heteroatoms. The maximum absolute atomic E-state index is 12.9. The van der Waals surface area contributed by atoms with Crippen LogP contribution in [0.5, 0.6) is 0 Å².